The van der Waals surface area contributed by atoms with Gasteiger partial charge in [0.25, 0.3) is 0 Å². The first-order valence-corrected chi connectivity index (χ1v) is 4.72. The molecule has 0 atom stereocenters. The predicted molar refractivity (Wildman–Crippen MR) is 57.0 cm³/mol. The van der Waals surface area contributed by atoms with Crippen molar-refractivity contribution in [2.24, 2.45) is 0 Å². The summed E-state index contributed by atoms with van der Waals surface area (Å²) in [4.78, 5) is 11.5. The topological polar surface area (TPSA) is 39.4 Å². The molecule has 2 aromatic rings. The number of ether oxygens (including phenoxy) is 1. The van der Waals surface area contributed by atoms with Crippen molar-refractivity contribution in [3.05, 3.63) is 35.1 Å². The van der Waals surface area contributed by atoms with Crippen molar-refractivity contribution >= 4 is 16.9 Å². The molecule has 0 aliphatic heterocycles. The van der Waals surface area contributed by atoms with Crippen molar-refractivity contribution in [1.82, 2.24) is 0 Å². The van der Waals surface area contributed by atoms with Gasteiger partial charge in [-0.3, -0.25) is 0 Å². The second-order valence-corrected chi connectivity index (χ2v) is 3.46. The van der Waals surface area contributed by atoms with Crippen molar-refractivity contribution in [2.45, 2.75) is 13.8 Å². The van der Waals surface area contributed by atoms with Crippen molar-refractivity contribution in [1.29, 1.82) is 0 Å². The van der Waals surface area contributed by atoms with Crippen LogP contribution in [-0.2, 0) is 4.74 Å². The molecule has 3 heteroatoms. The summed E-state index contributed by atoms with van der Waals surface area (Å²) in [7, 11) is 1.36. The van der Waals surface area contributed by atoms with E-state index in [4.69, 9.17) is 9.15 Å². The van der Waals surface area contributed by atoms with Crippen molar-refractivity contribution in [3.63, 3.8) is 0 Å². The number of para-hydroxylation sites is 1. The van der Waals surface area contributed by atoms with Gasteiger partial charge in [-0.15, -0.1) is 0 Å². The molecule has 0 aliphatic carbocycles. The van der Waals surface area contributed by atoms with Crippen LogP contribution in [0.5, 0.6) is 0 Å². The van der Waals surface area contributed by atoms with Crippen molar-refractivity contribution in [2.75, 3.05) is 7.11 Å². The maximum absolute atomic E-state index is 11.5. The van der Waals surface area contributed by atoms with Crippen molar-refractivity contribution in [3.8, 4) is 0 Å². The molecular formula is C12H12O3. The van der Waals surface area contributed by atoms with Crippen LogP contribution in [0.3, 0.4) is 0 Å². The Kier molecular flexibility index (Phi) is 2.23. The van der Waals surface area contributed by atoms with Gasteiger partial charge in [0.15, 0.2) is 0 Å². The first-order chi connectivity index (χ1) is 7.15. The van der Waals surface area contributed by atoms with E-state index < -0.39 is 0 Å². The van der Waals surface area contributed by atoms with E-state index in [2.05, 4.69) is 0 Å². The molecule has 0 aliphatic rings. The quantitative estimate of drug-likeness (QED) is 0.670. The van der Waals surface area contributed by atoms with Gasteiger partial charge in [-0.1, -0.05) is 12.1 Å². The highest BCUT2D eigenvalue weighted by atomic mass is 16.5. The van der Waals surface area contributed by atoms with Crippen LogP contribution in [0.15, 0.2) is 22.6 Å². The molecule has 0 radical (unpaired) electrons. The Bertz CT molecular complexity index is 523. The van der Waals surface area contributed by atoms with Gasteiger partial charge in [-0.2, -0.15) is 0 Å². The van der Waals surface area contributed by atoms with Crippen LogP contribution >= 0.6 is 0 Å². The zero-order valence-electron chi connectivity index (χ0n) is 8.96. The Morgan fingerprint density at radius 1 is 1.33 bits per heavy atom. The molecule has 0 saturated carbocycles. The van der Waals surface area contributed by atoms with E-state index in [1.54, 1.807) is 6.07 Å². The number of fused-ring (bicyclic) bond motifs is 1. The van der Waals surface area contributed by atoms with Crippen LogP contribution in [0.4, 0.5) is 0 Å². The van der Waals surface area contributed by atoms with Gasteiger partial charge in [0.1, 0.15) is 16.9 Å². The Labute approximate surface area is 87.6 Å². The molecular weight excluding hydrogens is 192 g/mol. The van der Waals surface area contributed by atoms with Crippen LogP contribution in [0.2, 0.25) is 0 Å². The fourth-order valence-electron chi connectivity index (χ4n) is 1.63. The molecule has 1 heterocycles. The molecule has 0 bridgehead atoms. The molecule has 3 nitrogen and oxygen atoms in total. The fraction of sp³-hybridized carbons (Fsp3) is 0.250. The molecule has 0 unspecified atom stereocenters. The fourth-order valence-corrected chi connectivity index (χ4v) is 1.63. The molecule has 0 N–H and O–H groups in total. The minimum atomic E-state index is -0.366. The van der Waals surface area contributed by atoms with E-state index in [-0.39, 0.29) is 5.97 Å². The summed E-state index contributed by atoms with van der Waals surface area (Å²) in [5.41, 5.74) is 2.15. The Morgan fingerprint density at radius 2 is 2.07 bits per heavy atom. The highest BCUT2D eigenvalue weighted by Crippen LogP contribution is 2.27. The summed E-state index contributed by atoms with van der Waals surface area (Å²) >= 11 is 0. The maximum atomic E-state index is 11.5. The molecule has 1 aromatic carbocycles. The van der Waals surface area contributed by atoms with E-state index in [9.17, 15) is 4.79 Å². The van der Waals surface area contributed by atoms with Crippen LogP contribution in [0, 0.1) is 13.8 Å². The highest BCUT2D eigenvalue weighted by molar-refractivity contribution is 6.02. The van der Waals surface area contributed by atoms with Crippen molar-refractivity contribution < 1.29 is 13.9 Å². The van der Waals surface area contributed by atoms with Gasteiger partial charge in [-0.05, 0) is 25.5 Å². The lowest BCUT2D eigenvalue weighted by atomic mass is 10.1. The largest absolute Gasteiger partial charge is 0.465 e. The lowest BCUT2D eigenvalue weighted by Gasteiger charge is -1.99. The summed E-state index contributed by atoms with van der Waals surface area (Å²) in [5, 5.41) is 0.968. The monoisotopic (exact) mass is 204 g/mol. The van der Waals surface area contributed by atoms with Crippen LogP contribution in [0.1, 0.15) is 21.7 Å². The third-order valence-corrected chi connectivity index (χ3v) is 2.61. The molecule has 78 valence electrons. The zero-order chi connectivity index (χ0) is 11.0. The number of hydrogen-bond acceptors (Lipinski definition) is 3. The standard InChI is InChI=1S/C12H12O3/c1-7-8(2)15-11-9(7)5-4-6-10(11)12(13)14-3/h4-6H,1-3H3. The summed E-state index contributed by atoms with van der Waals surface area (Å²) in [6.45, 7) is 3.86. The van der Waals surface area contributed by atoms with Crippen LogP contribution < -0.4 is 0 Å². The zero-order valence-corrected chi connectivity index (χ0v) is 8.96. The number of benzene rings is 1. The van der Waals surface area contributed by atoms with Crippen LogP contribution in [0.25, 0.3) is 11.0 Å². The van der Waals surface area contributed by atoms with E-state index in [1.165, 1.54) is 7.11 Å². The van der Waals surface area contributed by atoms with E-state index in [0.29, 0.717) is 11.1 Å². The molecule has 15 heavy (non-hydrogen) atoms. The summed E-state index contributed by atoms with van der Waals surface area (Å²) in [6.07, 6.45) is 0. The summed E-state index contributed by atoms with van der Waals surface area (Å²) in [5.74, 6) is 0.468. The average molecular weight is 204 g/mol. The third-order valence-electron chi connectivity index (χ3n) is 2.61. The maximum Gasteiger partial charge on any atom is 0.341 e. The number of furan rings is 1. The molecule has 0 saturated heterocycles. The summed E-state index contributed by atoms with van der Waals surface area (Å²) < 4.78 is 10.2. The predicted octanol–water partition coefficient (Wildman–Crippen LogP) is 2.84. The third kappa shape index (κ3) is 1.40. The lowest BCUT2D eigenvalue weighted by Crippen LogP contribution is -2.00. The highest BCUT2D eigenvalue weighted by Gasteiger charge is 2.15. The molecule has 0 fully saturated rings. The number of carbonyl (C=O) groups is 1. The van der Waals surface area contributed by atoms with E-state index >= 15 is 0 Å². The van der Waals surface area contributed by atoms with Gasteiger partial charge in [0, 0.05) is 5.39 Å². The number of carbonyl (C=O) groups excluding carboxylic acids is 1. The van der Waals surface area contributed by atoms with Gasteiger partial charge in [0.05, 0.1) is 7.11 Å². The lowest BCUT2D eigenvalue weighted by molar-refractivity contribution is 0.0601. The SMILES string of the molecule is COC(=O)c1cccc2c(C)c(C)oc12. The number of aryl methyl sites for hydroxylation is 2. The Hall–Kier alpha value is -1.77. The average Bonchev–Trinajstić information content (AvgIpc) is 2.54. The molecule has 0 spiro atoms. The number of hydrogen-bond donors (Lipinski definition) is 0. The number of esters is 1. The smallest absolute Gasteiger partial charge is 0.341 e. The van der Waals surface area contributed by atoms with E-state index in [0.717, 1.165) is 16.7 Å². The minimum absolute atomic E-state index is 0.366. The Balaban J connectivity index is 2.77. The van der Waals surface area contributed by atoms with Crippen LogP contribution in [-0.4, -0.2) is 13.1 Å². The minimum Gasteiger partial charge on any atom is -0.465 e. The molecule has 2 rings (SSSR count). The normalized spacial score (nSPS) is 10.6. The van der Waals surface area contributed by atoms with Gasteiger partial charge in [0.2, 0.25) is 0 Å². The van der Waals surface area contributed by atoms with Gasteiger partial charge >= 0.3 is 5.97 Å². The second-order valence-electron chi connectivity index (χ2n) is 3.46. The molecule has 1 aromatic heterocycles. The van der Waals surface area contributed by atoms with E-state index in [1.807, 2.05) is 26.0 Å². The Morgan fingerprint density at radius 3 is 2.73 bits per heavy atom. The first kappa shape index (κ1) is 9.77. The molecule has 0 amide bonds. The number of rotatable bonds is 1. The van der Waals surface area contributed by atoms with Gasteiger partial charge < -0.3 is 9.15 Å². The number of methoxy groups -OCH3 is 1. The summed E-state index contributed by atoms with van der Waals surface area (Å²) in [6, 6.07) is 5.47. The van der Waals surface area contributed by atoms with Gasteiger partial charge in [-0.25, -0.2) is 4.79 Å². The second kappa shape index (κ2) is 3.42. The first-order valence-electron chi connectivity index (χ1n) is 4.72.